The molecule has 0 atom stereocenters. The smallest absolute Gasteiger partial charge is 0.422 e. The first kappa shape index (κ1) is 18.0. The molecule has 0 saturated carbocycles. The van der Waals surface area contributed by atoms with Crippen molar-refractivity contribution in [3.63, 3.8) is 0 Å². The molecule has 0 radical (unpaired) electrons. The molecule has 24 heavy (non-hydrogen) atoms. The van der Waals surface area contributed by atoms with Crippen molar-refractivity contribution in [3.05, 3.63) is 66.5 Å². The Bertz CT molecular complexity index is 675. The van der Waals surface area contributed by atoms with E-state index in [4.69, 9.17) is 0 Å². The lowest BCUT2D eigenvalue weighted by molar-refractivity contribution is -0.153. The Morgan fingerprint density at radius 3 is 2.25 bits per heavy atom. The third-order valence-corrected chi connectivity index (χ3v) is 3.48. The quantitative estimate of drug-likeness (QED) is 0.345. The molecule has 0 aliphatic carbocycles. The van der Waals surface area contributed by atoms with Gasteiger partial charge in [-0.1, -0.05) is 36.4 Å². The van der Waals surface area contributed by atoms with Gasteiger partial charge in [0.25, 0.3) is 0 Å². The Hall–Kier alpha value is -2.30. The maximum atomic E-state index is 13.9. The van der Waals surface area contributed by atoms with Gasteiger partial charge in [-0.25, -0.2) is 4.39 Å². The van der Waals surface area contributed by atoms with Gasteiger partial charge in [-0.15, -0.1) is 6.58 Å². The van der Waals surface area contributed by atoms with Gasteiger partial charge in [0.1, 0.15) is 0 Å². The van der Waals surface area contributed by atoms with Gasteiger partial charge >= 0.3 is 6.18 Å². The molecule has 2 aromatic carbocycles. The highest BCUT2D eigenvalue weighted by Crippen LogP contribution is 2.27. The van der Waals surface area contributed by atoms with Crippen LogP contribution in [0.2, 0.25) is 0 Å². The second-order valence-electron chi connectivity index (χ2n) is 5.43. The minimum absolute atomic E-state index is 0.405. The van der Waals surface area contributed by atoms with Gasteiger partial charge in [0.2, 0.25) is 0 Å². The van der Waals surface area contributed by atoms with Crippen LogP contribution in [-0.4, -0.2) is 12.8 Å². The third kappa shape index (κ3) is 5.41. The van der Waals surface area contributed by atoms with Crippen LogP contribution >= 0.6 is 0 Å². The molecule has 5 heteroatoms. The predicted octanol–water partition coefficient (Wildman–Crippen LogP) is 5.94. The van der Waals surface area contributed by atoms with E-state index in [1.54, 1.807) is 6.07 Å². The summed E-state index contributed by atoms with van der Waals surface area (Å²) < 4.78 is 54.7. The molecule has 0 fully saturated rings. The van der Waals surface area contributed by atoms with Crippen LogP contribution < -0.4 is 4.74 Å². The van der Waals surface area contributed by atoms with Crippen molar-refractivity contribution in [1.82, 2.24) is 0 Å². The first-order valence-corrected chi connectivity index (χ1v) is 7.58. The number of rotatable bonds is 7. The van der Waals surface area contributed by atoms with Crippen molar-refractivity contribution in [2.24, 2.45) is 0 Å². The number of ether oxygens (including phenoxy) is 1. The third-order valence-electron chi connectivity index (χ3n) is 3.48. The largest absolute Gasteiger partial charge is 0.481 e. The first-order valence-electron chi connectivity index (χ1n) is 7.58. The van der Waals surface area contributed by atoms with Crippen LogP contribution in [0.1, 0.15) is 18.4 Å². The van der Waals surface area contributed by atoms with E-state index in [0.29, 0.717) is 5.56 Å². The molecule has 128 valence electrons. The number of halogens is 4. The second kappa shape index (κ2) is 7.99. The second-order valence-corrected chi connectivity index (χ2v) is 5.43. The Kier molecular flexibility index (Phi) is 6.01. The summed E-state index contributed by atoms with van der Waals surface area (Å²) >= 11 is 0. The van der Waals surface area contributed by atoms with E-state index in [-0.39, 0.29) is 0 Å². The molecular formula is C19H18F4O. The summed E-state index contributed by atoms with van der Waals surface area (Å²) in [6, 6.07) is 11.6. The van der Waals surface area contributed by atoms with Gasteiger partial charge in [0.05, 0.1) is 0 Å². The predicted molar refractivity (Wildman–Crippen MR) is 86.5 cm³/mol. The highest BCUT2D eigenvalue weighted by atomic mass is 19.4. The monoisotopic (exact) mass is 338 g/mol. The van der Waals surface area contributed by atoms with Gasteiger partial charge in [0.15, 0.2) is 18.2 Å². The van der Waals surface area contributed by atoms with Crippen molar-refractivity contribution in [2.45, 2.75) is 25.4 Å². The average Bonchev–Trinajstić information content (AvgIpc) is 2.54. The van der Waals surface area contributed by atoms with Crippen LogP contribution in [0.25, 0.3) is 11.1 Å². The van der Waals surface area contributed by atoms with E-state index in [2.05, 4.69) is 11.3 Å². The van der Waals surface area contributed by atoms with Gasteiger partial charge < -0.3 is 4.74 Å². The van der Waals surface area contributed by atoms with Crippen LogP contribution in [0.15, 0.2) is 55.1 Å². The van der Waals surface area contributed by atoms with Crippen LogP contribution in [0.3, 0.4) is 0 Å². The number of hydrogen-bond donors (Lipinski definition) is 0. The summed E-state index contributed by atoms with van der Waals surface area (Å²) in [5, 5.41) is 0. The molecule has 0 N–H and O–H groups in total. The first-order chi connectivity index (χ1) is 11.4. The fourth-order valence-electron chi connectivity index (χ4n) is 2.27. The lowest BCUT2D eigenvalue weighted by Gasteiger charge is -2.11. The number of benzene rings is 2. The van der Waals surface area contributed by atoms with Crippen LogP contribution in [0.5, 0.6) is 5.75 Å². The van der Waals surface area contributed by atoms with Crippen LogP contribution in [-0.2, 0) is 6.42 Å². The van der Waals surface area contributed by atoms with Gasteiger partial charge in [-0.05, 0) is 48.1 Å². The summed E-state index contributed by atoms with van der Waals surface area (Å²) in [6.07, 6.45) is 0.284. The zero-order valence-corrected chi connectivity index (χ0v) is 13.1. The summed E-state index contributed by atoms with van der Waals surface area (Å²) in [6.45, 7) is 2.17. The lowest BCUT2D eigenvalue weighted by Crippen LogP contribution is -2.19. The maximum absolute atomic E-state index is 13.9. The summed E-state index contributed by atoms with van der Waals surface area (Å²) in [5.74, 6) is -1.22. The van der Waals surface area contributed by atoms with Crippen molar-refractivity contribution in [3.8, 4) is 16.9 Å². The lowest BCUT2D eigenvalue weighted by atomic mass is 10.0. The zero-order valence-electron chi connectivity index (χ0n) is 13.1. The number of unbranched alkanes of at least 4 members (excludes halogenated alkanes) is 1. The van der Waals surface area contributed by atoms with Gasteiger partial charge in [-0.2, -0.15) is 13.2 Å². The molecule has 0 saturated heterocycles. The van der Waals surface area contributed by atoms with E-state index in [1.807, 2.05) is 30.3 Å². The van der Waals surface area contributed by atoms with Gasteiger partial charge in [-0.3, -0.25) is 0 Å². The minimum Gasteiger partial charge on any atom is -0.481 e. The number of allylic oxidation sites excluding steroid dienone is 1. The zero-order chi connectivity index (χ0) is 17.6. The van der Waals surface area contributed by atoms with Crippen molar-refractivity contribution < 1.29 is 22.3 Å². The molecule has 0 aliphatic rings. The molecule has 0 aliphatic heterocycles. The summed E-state index contributed by atoms with van der Waals surface area (Å²) in [7, 11) is 0. The van der Waals surface area contributed by atoms with Crippen molar-refractivity contribution in [2.75, 3.05) is 6.61 Å². The minimum atomic E-state index is -4.49. The molecular weight excluding hydrogens is 320 g/mol. The molecule has 0 spiro atoms. The van der Waals surface area contributed by atoms with Crippen molar-refractivity contribution in [1.29, 1.82) is 0 Å². The number of aryl methyl sites for hydroxylation is 1. The topological polar surface area (TPSA) is 9.23 Å². The molecule has 0 amide bonds. The fraction of sp³-hybridized carbons (Fsp3) is 0.263. The fourth-order valence-corrected chi connectivity index (χ4v) is 2.27. The van der Waals surface area contributed by atoms with Crippen LogP contribution in [0.4, 0.5) is 17.6 Å². The summed E-state index contributed by atoms with van der Waals surface area (Å²) in [4.78, 5) is 0. The average molecular weight is 338 g/mol. The normalized spacial score (nSPS) is 11.3. The number of alkyl halides is 3. The standard InChI is InChI=1S/C19H18F4O/c1-2-3-4-5-14-6-8-15(9-7-14)16-10-11-18(17(20)12-16)24-13-19(21,22)23/h2,6-12H,1,3-5,13H2. The number of hydrogen-bond acceptors (Lipinski definition) is 1. The molecule has 0 unspecified atom stereocenters. The molecule has 0 aromatic heterocycles. The van der Waals surface area contributed by atoms with E-state index >= 15 is 0 Å². The Morgan fingerprint density at radius 2 is 1.67 bits per heavy atom. The molecule has 2 aromatic rings. The Balaban J connectivity index is 2.06. The van der Waals surface area contributed by atoms with E-state index in [1.165, 1.54) is 17.7 Å². The molecule has 0 heterocycles. The van der Waals surface area contributed by atoms with E-state index < -0.39 is 24.3 Å². The SMILES string of the molecule is C=CCCCc1ccc(-c2ccc(OCC(F)(F)F)c(F)c2)cc1. The van der Waals surface area contributed by atoms with Gasteiger partial charge in [0, 0.05) is 0 Å². The molecule has 2 rings (SSSR count). The Labute approximate surface area is 138 Å². The highest BCUT2D eigenvalue weighted by Gasteiger charge is 2.28. The van der Waals surface area contributed by atoms with E-state index in [0.717, 1.165) is 24.8 Å². The highest BCUT2D eigenvalue weighted by molar-refractivity contribution is 5.64. The molecule has 1 nitrogen and oxygen atoms in total. The maximum Gasteiger partial charge on any atom is 0.422 e. The summed E-state index contributed by atoms with van der Waals surface area (Å²) in [5.41, 5.74) is 2.56. The Morgan fingerprint density at radius 1 is 1.00 bits per heavy atom. The van der Waals surface area contributed by atoms with Crippen LogP contribution in [0, 0.1) is 5.82 Å². The molecule has 0 bridgehead atoms. The van der Waals surface area contributed by atoms with E-state index in [9.17, 15) is 17.6 Å². The van der Waals surface area contributed by atoms with Crippen molar-refractivity contribution >= 4 is 0 Å².